The van der Waals surface area contributed by atoms with Gasteiger partial charge in [0.2, 0.25) is 11.8 Å². The van der Waals surface area contributed by atoms with Gasteiger partial charge in [-0.2, -0.15) is 0 Å². The van der Waals surface area contributed by atoms with Crippen LogP contribution in [0.15, 0.2) is 53.5 Å². The van der Waals surface area contributed by atoms with Gasteiger partial charge in [0.1, 0.15) is 6.04 Å². The fourth-order valence-electron chi connectivity index (χ4n) is 3.99. The van der Waals surface area contributed by atoms with Crippen LogP contribution >= 0.6 is 0 Å². The minimum absolute atomic E-state index is 0.115. The van der Waals surface area contributed by atoms with E-state index in [4.69, 9.17) is 11.5 Å². The van der Waals surface area contributed by atoms with Crippen LogP contribution in [-0.2, 0) is 22.4 Å². The minimum atomic E-state index is -0.603. The van der Waals surface area contributed by atoms with Gasteiger partial charge >= 0.3 is 0 Å². The highest BCUT2D eigenvalue weighted by Gasteiger charge is 2.27. The number of carbonyl (C=O) groups is 2. The molecule has 1 saturated heterocycles. The molecule has 0 saturated carbocycles. The highest BCUT2D eigenvalue weighted by molar-refractivity contribution is 5.90. The van der Waals surface area contributed by atoms with E-state index < -0.39 is 6.04 Å². The number of carbonyl (C=O) groups excluding carboxylic acids is 2. The molecule has 1 heterocycles. The van der Waals surface area contributed by atoms with Crippen molar-refractivity contribution in [3.8, 4) is 11.1 Å². The van der Waals surface area contributed by atoms with Gasteiger partial charge in [-0.3, -0.25) is 14.6 Å². The topological polar surface area (TPSA) is 135 Å². The lowest BCUT2D eigenvalue weighted by atomic mass is 9.98. The summed E-state index contributed by atoms with van der Waals surface area (Å²) in [4.78, 5) is 28.8. The second-order valence-electron chi connectivity index (χ2n) is 8.33. The SMILES string of the molecule is CNC(=O)C(Cc1ccc(-c2ccc(CCCN=C(N)N)cc2)cc1)NC(=O)C1CCCN1. The maximum atomic E-state index is 12.5. The summed E-state index contributed by atoms with van der Waals surface area (Å²) in [5.74, 6) is -0.180. The first-order valence-corrected chi connectivity index (χ1v) is 11.5. The molecule has 1 fully saturated rings. The number of hydrogen-bond donors (Lipinski definition) is 5. The number of nitrogens with one attached hydrogen (secondary N) is 3. The summed E-state index contributed by atoms with van der Waals surface area (Å²) in [7, 11) is 1.59. The van der Waals surface area contributed by atoms with Crippen molar-refractivity contribution >= 4 is 17.8 Å². The van der Waals surface area contributed by atoms with Crippen molar-refractivity contribution in [3.05, 3.63) is 59.7 Å². The zero-order chi connectivity index (χ0) is 23.6. The number of likely N-dealkylation sites (N-methyl/N-ethyl adjacent to an activating group) is 1. The molecule has 0 aromatic heterocycles. The Morgan fingerprint density at radius 2 is 1.70 bits per heavy atom. The molecule has 8 nitrogen and oxygen atoms in total. The van der Waals surface area contributed by atoms with E-state index >= 15 is 0 Å². The zero-order valence-corrected chi connectivity index (χ0v) is 19.1. The van der Waals surface area contributed by atoms with Crippen molar-refractivity contribution in [2.24, 2.45) is 16.5 Å². The van der Waals surface area contributed by atoms with Crippen LogP contribution in [0.25, 0.3) is 11.1 Å². The molecular weight excluding hydrogens is 416 g/mol. The monoisotopic (exact) mass is 450 g/mol. The van der Waals surface area contributed by atoms with Crippen molar-refractivity contribution in [3.63, 3.8) is 0 Å². The molecule has 2 aromatic carbocycles. The third-order valence-electron chi connectivity index (χ3n) is 5.86. The van der Waals surface area contributed by atoms with Gasteiger partial charge in [-0.1, -0.05) is 48.5 Å². The van der Waals surface area contributed by atoms with Gasteiger partial charge in [0.05, 0.1) is 6.04 Å². The van der Waals surface area contributed by atoms with Crippen LogP contribution in [0.1, 0.15) is 30.4 Å². The molecule has 1 aliphatic heterocycles. The lowest BCUT2D eigenvalue weighted by Gasteiger charge is -2.20. The molecule has 33 heavy (non-hydrogen) atoms. The third-order valence-corrected chi connectivity index (χ3v) is 5.86. The Bertz CT molecular complexity index is 946. The highest BCUT2D eigenvalue weighted by Crippen LogP contribution is 2.21. The fourth-order valence-corrected chi connectivity index (χ4v) is 3.99. The van der Waals surface area contributed by atoms with Crippen molar-refractivity contribution in [1.29, 1.82) is 0 Å². The van der Waals surface area contributed by atoms with E-state index in [-0.39, 0.29) is 23.8 Å². The van der Waals surface area contributed by atoms with E-state index in [1.165, 1.54) is 5.56 Å². The van der Waals surface area contributed by atoms with Crippen LogP contribution in [-0.4, -0.2) is 50.0 Å². The Morgan fingerprint density at radius 3 is 2.24 bits per heavy atom. The zero-order valence-electron chi connectivity index (χ0n) is 19.1. The highest BCUT2D eigenvalue weighted by atomic mass is 16.2. The first kappa shape index (κ1) is 24.3. The molecule has 176 valence electrons. The normalized spacial score (nSPS) is 16.1. The summed E-state index contributed by atoms with van der Waals surface area (Å²) < 4.78 is 0. The Labute approximate surface area is 195 Å². The maximum Gasteiger partial charge on any atom is 0.242 e. The number of aliphatic imine (C=N–C) groups is 1. The lowest BCUT2D eigenvalue weighted by Crippen LogP contribution is -2.51. The summed E-state index contributed by atoms with van der Waals surface area (Å²) in [6.07, 6.45) is 4.02. The number of aryl methyl sites for hydroxylation is 1. The molecule has 7 N–H and O–H groups in total. The Balaban J connectivity index is 1.59. The summed E-state index contributed by atoms with van der Waals surface area (Å²) in [5.41, 5.74) is 15.1. The number of nitrogens with two attached hydrogens (primary N) is 2. The predicted molar refractivity (Wildman–Crippen MR) is 132 cm³/mol. The van der Waals surface area contributed by atoms with Crippen molar-refractivity contribution in [2.75, 3.05) is 20.1 Å². The molecule has 2 amide bonds. The second kappa shape index (κ2) is 12.0. The van der Waals surface area contributed by atoms with Crippen LogP contribution in [0.5, 0.6) is 0 Å². The summed E-state index contributed by atoms with van der Waals surface area (Å²) >= 11 is 0. The molecule has 3 rings (SSSR count). The maximum absolute atomic E-state index is 12.5. The van der Waals surface area contributed by atoms with E-state index in [1.807, 2.05) is 24.3 Å². The molecule has 0 radical (unpaired) electrons. The smallest absolute Gasteiger partial charge is 0.242 e. The average Bonchev–Trinajstić information content (AvgIpc) is 3.37. The molecule has 0 bridgehead atoms. The lowest BCUT2D eigenvalue weighted by molar-refractivity contribution is -0.129. The van der Waals surface area contributed by atoms with E-state index in [1.54, 1.807) is 7.05 Å². The first-order valence-electron chi connectivity index (χ1n) is 11.5. The predicted octanol–water partition coefficient (Wildman–Crippen LogP) is 1.08. The molecule has 2 atom stereocenters. The van der Waals surface area contributed by atoms with Crippen LogP contribution in [0.2, 0.25) is 0 Å². The quantitative estimate of drug-likeness (QED) is 0.210. The van der Waals surface area contributed by atoms with E-state index in [0.717, 1.165) is 48.9 Å². The summed E-state index contributed by atoms with van der Waals surface area (Å²) in [6.45, 7) is 1.46. The molecule has 8 heteroatoms. The van der Waals surface area contributed by atoms with Crippen molar-refractivity contribution in [2.45, 2.75) is 44.2 Å². The summed E-state index contributed by atoms with van der Waals surface area (Å²) in [6, 6.07) is 15.7. The molecule has 2 aromatic rings. The number of guanidine groups is 1. The molecule has 2 unspecified atom stereocenters. The third kappa shape index (κ3) is 7.32. The van der Waals surface area contributed by atoms with E-state index in [0.29, 0.717) is 13.0 Å². The van der Waals surface area contributed by atoms with Gasteiger partial charge in [-0.15, -0.1) is 0 Å². The molecular formula is C25H34N6O2. The number of hydrogen-bond acceptors (Lipinski definition) is 4. The summed E-state index contributed by atoms with van der Waals surface area (Å²) in [5, 5.41) is 8.73. The number of rotatable bonds is 10. The van der Waals surface area contributed by atoms with Crippen LogP contribution < -0.4 is 27.4 Å². The van der Waals surface area contributed by atoms with Gasteiger partial charge in [0.15, 0.2) is 5.96 Å². The minimum Gasteiger partial charge on any atom is -0.370 e. The van der Waals surface area contributed by atoms with Gasteiger partial charge in [-0.05, 0) is 54.5 Å². The molecule has 1 aliphatic rings. The van der Waals surface area contributed by atoms with Gasteiger partial charge in [0, 0.05) is 20.0 Å². The Hall–Kier alpha value is -3.39. The Kier molecular flexibility index (Phi) is 8.83. The van der Waals surface area contributed by atoms with Gasteiger partial charge in [0.25, 0.3) is 0 Å². The first-order chi connectivity index (χ1) is 16.0. The van der Waals surface area contributed by atoms with Gasteiger partial charge in [-0.25, -0.2) is 0 Å². The number of nitrogens with zero attached hydrogens (tertiary/aromatic N) is 1. The van der Waals surface area contributed by atoms with Crippen LogP contribution in [0.4, 0.5) is 0 Å². The Morgan fingerprint density at radius 1 is 1.06 bits per heavy atom. The average molecular weight is 451 g/mol. The molecule has 0 spiro atoms. The van der Waals surface area contributed by atoms with Gasteiger partial charge < -0.3 is 27.4 Å². The largest absolute Gasteiger partial charge is 0.370 e. The van der Waals surface area contributed by atoms with Crippen LogP contribution in [0.3, 0.4) is 0 Å². The van der Waals surface area contributed by atoms with Crippen molar-refractivity contribution < 1.29 is 9.59 Å². The van der Waals surface area contributed by atoms with Crippen molar-refractivity contribution in [1.82, 2.24) is 16.0 Å². The molecule has 0 aliphatic carbocycles. The van der Waals surface area contributed by atoms with Crippen LogP contribution in [0, 0.1) is 0 Å². The van der Waals surface area contributed by atoms with E-state index in [2.05, 4.69) is 45.2 Å². The second-order valence-corrected chi connectivity index (χ2v) is 8.33. The number of benzene rings is 2. The number of amides is 2. The van der Waals surface area contributed by atoms with E-state index in [9.17, 15) is 9.59 Å². The standard InChI is InChI=1S/C25H34N6O2/c1-28-23(32)22(31-24(33)21-5-3-14-29-21)16-18-8-12-20(13-9-18)19-10-6-17(7-11-19)4-2-15-30-25(26)27/h6-13,21-22,29H,2-5,14-16H2,1H3,(H,28,32)(H,31,33)(H4,26,27,30). The fraction of sp³-hybridized carbons (Fsp3) is 0.400.